The van der Waals surface area contributed by atoms with Gasteiger partial charge in [-0.25, -0.2) is 18.7 Å². The van der Waals surface area contributed by atoms with Crippen LogP contribution in [0.5, 0.6) is 0 Å². The van der Waals surface area contributed by atoms with Gasteiger partial charge in [-0.15, -0.1) is 0 Å². The summed E-state index contributed by atoms with van der Waals surface area (Å²) in [6, 6.07) is 12.7. The van der Waals surface area contributed by atoms with Crippen molar-refractivity contribution in [1.82, 2.24) is 9.97 Å². The maximum Gasteiger partial charge on any atom is 0.141 e. The SMILES string of the molecule is Cc1nc(NCCc2ccccc2F)cc(Nc2ccc(F)c(Cl)c2)n1. The zero-order valence-corrected chi connectivity index (χ0v) is 14.8. The van der Waals surface area contributed by atoms with Gasteiger partial charge in [0.1, 0.15) is 29.1 Å². The summed E-state index contributed by atoms with van der Waals surface area (Å²) >= 11 is 5.79. The van der Waals surface area contributed by atoms with Gasteiger partial charge < -0.3 is 10.6 Å². The molecule has 0 spiro atoms. The van der Waals surface area contributed by atoms with E-state index in [1.54, 1.807) is 31.2 Å². The van der Waals surface area contributed by atoms with Gasteiger partial charge in [-0.2, -0.15) is 0 Å². The lowest BCUT2D eigenvalue weighted by Gasteiger charge is -2.11. The van der Waals surface area contributed by atoms with Crippen molar-refractivity contribution in [1.29, 1.82) is 0 Å². The summed E-state index contributed by atoms with van der Waals surface area (Å²) in [6.45, 7) is 2.30. The number of hydrogen-bond donors (Lipinski definition) is 2. The largest absolute Gasteiger partial charge is 0.370 e. The molecule has 0 aliphatic heterocycles. The number of aromatic nitrogens is 2. The molecule has 3 aromatic rings. The first kappa shape index (κ1) is 18.1. The van der Waals surface area contributed by atoms with Crippen LogP contribution in [-0.2, 0) is 6.42 Å². The van der Waals surface area contributed by atoms with Crippen molar-refractivity contribution >= 4 is 28.9 Å². The van der Waals surface area contributed by atoms with Crippen molar-refractivity contribution in [2.24, 2.45) is 0 Å². The molecule has 0 aliphatic rings. The van der Waals surface area contributed by atoms with Crippen LogP contribution < -0.4 is 10.6 Å². The second kappa shape index (κ2) is 8.10. The van der Waals surface area contributed by atoms with Gasteiger partial charge >= 0.3 is 0 Å². The number of rotatable bonds is 6. The van der Waals surface area contributed by atoms with Crippen LogP contribution in [0.25, 0.3) is 0 Å². The molecule has 1 heterocycles. The number of halogens is 3. The Morgan fingerprint density at radius 3 is 2.50 bits per heavy atom. The summed E-state index contributed by atoms with van der Waals surface area (Å²) in [6.07, 6.45) is 0.534. The minimum atomic E-state index is -0.480. The van der Waals surface area contributed by atoms with Gasteiger partial charge in [-0.3, -0.25) is 0 Å². The fourth-order valence-corrected chi connectivity index (χ4v) is 2.65. The molecular formula is C19H17ClF2N4. The van der Waals surface area contributed by atoms with Crippen LogP contribution >= 0.6 is 11.6 Å². The van der Waals surface area contributed by atoms with Gasteiger partial charge in [0.2, 0.25) is 0 Å². The number of aryl methyl sites for hydroxylation is 1. The lowest BCUT2D eigenvalue weighted by molar-refractivity contribution is 0.610. The van der Waals surface area contributed by atoms with Crippen LogP contribution in [-0.4, -0.2) is 16.5 Å². The quantitative estimate of drug-likeness (QED) is 0.629. The maximum absolute atomic E-state index is 13.6. The van der Waals surface area contributed by atoms with E-state index in [-0.39, 0.29) is 10.8 Å². The molecule has 7 heteroatoms. The molecule has 0 saturated carbocycles. The van der Waals surface area contributed by atoms with Crippen molar-refractivity contribution in [3.8, 4) is 0 Å². The molecule has 0 atom stereocenters. The predicted octanol–water partition coefficient (Wildman–Crippen LogP) is 5.11. The highest BCUT2D eigenvalue weighted by Gasteiger charge is 2.06. The van der Waals surface area contributed by atoms with Crippen molar-refractivity contribution in [2.45, 2.75) is 13.3 Å². The molecule has 0 amide bonds. The lowest BCUT2D eigenvalue weighted by Crippen LogP contribution is -2.09. The standard InChI is InChI=1S/C19H17ClF2N4/c1-12-24-18(23-9-8-13-4-2-3-5-16(13)21)11-19(25-12)26-14-6-7-17(22)15(20)10-14/h2-7,10-11H,8-9H2,1H3,(H2,23,24,25,26). The predicted molar refractivity (Wildman–Crippen MR) is 100 cm³/mol. The summed E-state index contributed by atoms with van der Waals surface area (Å²) < 4.78 is 26.9. The van der Waals surface area contributed by atoms with Crippen LogP contribution in [0.1, 0.15) is 11.4 Å². The van der Waals surface area contributed by atoms with Gasteiger partial charge in [0, 0.05) is 18.3 Å². The van der Waals surface area contributed by atoms with Crippen molar-refractivity contribution in [2.75, 3.05) is 17.2 Å². The van der Waals surface area contributed by atoms with E-state index in [1.165, 1.54) is 18.2 Å². The topological polar surface area (TPSA) is 49.8 Å². The number of benzene rings is 2. The Labute approximate surface area is 155 Å². The van der Waals surface area contributed by atoms with E-state index in [2.05, 4.69) is 20.6 Å². The monoisotopic (exact) mass is 374 g/mol. The summed E-state index contributed by atoms with van der Waals surface area (Å²) in [5.41, 5.74) is 1.26. The first-order valence-electron chi connectivity index (χ1n) is 8.06. The third-order valence-electron chi connectivity index (χ3n) is 3.69. The molecular weight excluding hydrogens is 358 g/mol. The molecule has 2 aromatic carbocycles. The Morgan fingerprint density at radius 2 is 1.73 bits per heavy atom. The highest BCUT2D eigenvalue weighted by Crippen LogP contribution is 2.23. The molecule has 1 aromatic heterocycles. The fraction of sp³-hybridized carbons (Fsp3) is 0.158. The van der Waals surface area contributed by atoms with E-state index in [4.69, 9.17) is 11.6 Å². The Balaban J connectivity index is 1.67. The average molecular weight is 375 g/mol. The molecule has 0 saturated heterocycles. The third kappa shape index (κ3) is 4.67. The molecule has 3 rings (SSSR count). The fourth-order valence-electron chi connectivity index (χ4n) is 2.47. The Hall–Kier alpha value is -2.73. The van der Waals surface area contributed by atoms with E-state index >= 15 is 0 Å². The van der Waals surface area contributed by atoms with Crippen LogP contribution in [0, 0.1) is 18.6 Å². The molecule has 2 N–H and O–H groups in total. The van der Waals surface area contributed by atoms with Gasteiger partial charge in [0.15, 0.2) is 0 Å². The molecule has 0 unspecified atom stereocenters. The minimum Gasteiger partial charge on any atom is -0.370 e. The minimum absolute atomic E-state index is 0.0315. The summed E-state index contributed by atoms with van der Waals surface area (Å²) in [5.74, 6) is 1.03. The third-order valence-corrected chi connectivity index (χ3v) is 3.98. The van der Waals surface area contributed by atoms with E-state index in [1.807, 2.05) is 6.07 Å². The van der Waals surface area contributed by atoms with Crippen molar-refractivity contribution in [3.63, 3.8) is 0 Å². The van der Waals surface area contributed by atoms with E-state index in [9.17, 15) is 8.78 Å². The average Bonchev–Trinajstić information content (AvgIpc) is 2.59. The second-order valence-electron chi connectivity index (χ2n) is 5.71. The van der Waals surface area contributed by atoms with E-state index in [0.29, 0.717) is 41.7 Å². The smallest absolute Gasteiger partial charge is 0.141 e. The Bertz CT molecular complexity index is 918. The van der Waals surface area contributed by atoms with Crippen molar-refractivity contribution < 1.29 is 8.78 Å². The van der Waals surface area contributed by atoms with Gasteiger partial charge in [-0.1, -0.05) is 29.8 Å². The Kier molecular flexibility index (Phi) is 5.63. The number of nitrogens with one attached hydrogen (secondary N) is 2. The molecule has 0 radical (unpaired) electrons. The van der Waals surface area contributed by atoms with Gasteiger partial charge in [0.25, 0.3) is 0 Å². The second-order valence-corrected chi connectivity index (χ2v) is 6.11. The van der Waals surface area contributed by atoms with Crippen molar-refractivity contribution in [3.05, 3.63) is 76.6 Å². The first-order valence-corrected chi connectivity index (χ1v) is 8.44. The van der Waals surface area contributed by atoms with E-state index in [0.717, 1.165) is 0 Å². The normalized spacial score (nSPS) is 10.6. The summed E-state index contributed by atoms with van der Waals surface area (Å²) in [4.78, 5) is 8.62. The molecule has 0 fully saturated rings. The van der Waals surface area contributed by atoms with Gasteiger partial charge in [-0.05, 0) is 43.2 Å². The lowest BCUT2D eigenvalue weighted by atomic mass is 10.1. The zero-order chi connectivity index (χ0) is 18.5. The summed E-state index contributed by atoms with van der Waals surface area (Å²) in [5, 5.41) is 6.26. The summed E-state index contributed by atoms with van der Waals surface area (Å²) in [7, 11) is 0. The molecule has 0 aliphatic carbocycles. The van der Waals surface area contributed by atoms with E-state index < -0.39 is 5.82 Å². The van der Waals surface area contributed by atoms with Crippen LogP contribution in [0.2, 0.25) is 5.02 Å². The highest BCUT2D eigenvalue weighted by molar-refractivity contribution is 6.31. The molecule has 134 valence electrons. The number of anilines is 3. The molecule has 26 heavy (non-hydrogen) atoms. The highest BCUT2D eigenvalue weighted by atomic mass is 35.5. The van der Waals surface area contributed by atoms with Crippen LogP contribution in [0.15, 0.2) is 48.5 Å². The van der Waals surface area contributed by atoms with Crippen LogP contribution in [0.4, 0.5) is 26.1 Å². The molecule has 0 bridgehead atoms. The molecule has 4 nitrogen and oxygen atoms in total. The number of hydrogen-bond acceptors (Lipinski definition) is 4. The first-order chi connectivity index (χ1) is 12.5. The van der Waals surface area contributed by atoms with Gasteiger partial charge in [0.05, 0.1) is 5.02 Å². The maximum atomic E-state index is 13.6. The Morgan fingerprint density at radius 1 is 0.962 bits per heavy atom. The number of nitrogens with zero attached hydrogens (tertiary/aromatic N) is 2. The van der Waals surface area contributed by atoms with Crippen LogP contribution in [0.3, 0.4) is 0 Å². The zero-order valence-electron chi connectivity index (χ0n) is 14.1.